The van der Waals surface area contributed by atoms with E-state index in [-0.39, 0.29) is 17.4 Å². The fraction of sp³-hybridized carbons (Fsp3) is 0.630. The summed E-state index contributed by atoms with van der Waals surface area (Å²) in [5.41, 5.74) is 3.32. The third kappa shape index (κ3) is 5.14. The van der Waals surface area contributed by atoms with Crippen LogP contribution >= 0.6 is 11.3 Å². The first-order valence-electron chi connectivity index (χ1n) is 12.8. The van der Waals surface area contributed by atoms with Gasteiger partial charge in [0, 0.05) is 41.3 Å². The van der Waals surface area contributed by atoms with Gasteiger partial charge in [-0.25, -0.2) is 13.1 Å². The number of piperidine rings is 1. The van der Waals surface area contributed by atoms with Crippen LogP contribution in [0.5, 0.6) is 0 Å². The van der Waals surface area contributed by atoms with Crippen molar-refractivity contribution >= 4 is 21.4 Å². The number of hydrogen-bond donors (Lipinski definition) is 1. The lowest BCUT2D eigenvalue weighted by atomic mass is 9.77. The predicted octanol–water partition coefficient (Wildman–Crippen LogP) is 4.77. The van der Waals surface area contributed by atoms with Gasteiger partial charge in [0.25, 0.3) is 0 Å². The Hall–Kier alpha value is -1.25. The largest absolute Gasteiger partial charge is 0.370 e. The Bertz CT molecular complexity index is 1120. The van der Waals surface area contributed by atoms with Gasteiger partial charge in [-0.15, -0.1) is 11.3 Å². The number of hydrogen-bond acceptors (Lipinski definition) is 5. The van der Waals surface area contributed by atoms with E-state index >= 15 is 0 Å². The first kappa shape index (κ1) is 24.4. The highest BCUT2D eigenvalue weighted by atomic mass is 32.2. The van der Waals surface area contributed by atoms with E-state index in [0.717, 1.165) is 69.3 Å². The normalized spacial score (nSPS) is 29.7. The maximum absolute atomic E-state index is 12.6. The maximum atomic E-state index is 12.6. The van der Waals surface area contributed by atoms with Crippen LogP contribution in [0.2, 0.25) is 0 Å². The number of nitrogens with one attached hydrogen (secondary N) is 1. The van der Waals surface area contributed by atoms with E-state index in [2.05, 4.69) is 29.5 Å². The Morgan fingerprint density at radius 3 is 2.82 bits per heavy atom. The fourth-order valence-electron chi connectivity index (χ4n) is 6.18. The lowest BCUT2D eigenvalue weighted by Gasteiger charge is -2.49. The van der Waals surface area contributed by atoms with Gasteiger partial charge in [-0.05, 0) is 69.1 Å². The number of fused-ring (bicyclic) bond motifs is 2. The summed E-state index contributed by atoms with van der Waals surface area (Å²) in [4.78, 5) is 5.64. The highest BCUT2D eigenvalue weighted by molar-refractivity contribution is 7.88. The standard InChI is InChI=1S/C27H38N2O3S2/c1-4-24-15-25-26(33-24)8-11-32-27(25)9-10-29(20(3)16-27)17-22-13-23(14-22)28-34(30,31)18-21-7-5-6-19(2)12-21/h5-7,12,15,20,22-23,28H,4,8-11,13-14,16-18H2,1-3H3/t20-,22?,23?,27+/m0/s1. The molecule has 34 heavy (non-hydrogen) atoms. The summed E-state index contributed by atoms with van der Waals surface area (Å²) >= 11 is 1.98. The third-order valence-electron chi connectivity index (χ3n) is 7.97. The number of benzene rings is 1. The number of likely N-dealkylation sites (tertiary alicyclic amines) is 1. The van der Waals surface area contributed by atoms with Crippen LogP contribution in [-0.4, -0.2) is 45.1 Å². The van der Waals surface area contributed by atoms with Gasteiger partial charge in [-0.2, -0.15) is 0 Å². The average Bonchev–Trinajstić information content (AvgIpc) is 3.19. The summed E-state index contributed by atoms with van der Waals surface area (Å²) in [5.74, 6) is 0.629. The minimum atomic E-state index is -3.31. The van der Waals surface area contributed by atoms with Crippen molar-refractivity contribution in [2.45, 2.75) is 82.7 Å². The van der Waals surface area contributed by atoms with Crippen molar-refractivity contribution in [2.75, 3.05) is 19.7 Å². The number of sulfonamides is 1. The molecule has 0 amide bonds. The van der Waals surface area contributed by atoms with Crippen LogP contribution in [0.3, 0.4) is 0 Å². The molecule has 2 aromatic rings. The summed E-state index contributed by atoms with van der Waals surface area (Å²) in [6.07, 6.45) is 6.15. The summed E-state index contributed by atoms with van der Waals surface area (Å²) < 4.78 is 34.7. The van der Waals surface area contributed by atoms with E-state index in [4.69, 9.17) is 4.74 Å². The van der Waals surface area contributed by atoms with E-state index < -0.39 is 10.0 Å². The van der Waals surface area contributed by atoms with Crippen LogP contribution in [0.4, 0.5) is 0 Å². The van der Waals surface area contributed by atoms with Crippen molar-refractivity contribution in [3.05, 3.63) is 56.8 Å². The van der Waals surface area contributed by atoms with E-state index in [0.29, 0.717) is 12.0 Å². The van der Waals surface area contributed by atoms with Gasteiger partial charge in [0.2, 0.25) is 10.0 Å². The van der Waals surface area contributed by atoms with Gasteiger partial charge in [0.05, 0.1) is 18.0 Å². The molecule has 5 rings (SSSR count). The second-order valence-electron chi connectivity index (χ2n) is 10.7. The molecule has 1 saturated heterocycles. The molecule has 3 aliphatic rings. The maximum Gasteiger partial charge on any atom is 0.216 e. The quantitative estimate of drug-likeness (QED) is 0.593. The Balaban J connectivity index is 1.12. The molecule has 186 valence electrons. The molecule has 7 heteroatoms. The van der Waals surface area contributed by atoms with Crippen LogP contribution in [0, 0.1) is 12.8 Å². The zero-order chi connectivity index (χ0) is 23.9. The van der Waals surface area contributed by atoms with Crippen molar-refractivity contribution in [3.63, 3.8) is 0 Å². The van der Waals surface area contributed by atoms with Crippen LogP contribution in [0.25, 0.3) is 0 Å². The lowest BCUT2D eigenvalue weighted by molar-refractivity contribution is -0.114. The van der Waals surface area contributed by atoms with E-state index in [1.54, 1.807) is 4.88 Å². The Morgan fingerprint density at radius 2 is 2.09 bits per heavy atom. The van der Waals surface area contributed by atoms with E-state index in [1.165, 1.54) is 10.4 Å². The predicted molar refractivity (Wildman–Crippen MR) is 139 cm³/mol. The summed E-state index contributed by atoms with van der Waals surface area (Å²) in [5, 5.41) is 0. The Morgan fingerprint density at radius 1 is 1.26 bits per heavy atom. The van der Waals surface area contributed by atoms with Gasteiger partial charge < -0.3 is 9.64 Å². The molecule has 1 N–H and O–H groups in total. The monoisotopic (exact) mass is 502 g/mol. The summed E-state index contributed by atoms with van der Waals surface area (Å²) in [6, 6.07) is 10.7. The molecule has 1 aromatic carbocycles. The molecule has 1 saturated carbocycles. The molecule has 5 nitrogen and oxygen atoms in total. The SMILES string of the molecule is CCc1cc2c(s1)CCO[C@@]21CCN(CC2CC(NS(=O)(=O)Cc3cccc(C)c3)C2)[C@@H](C)C1. The topological polar surface area (TPSA) is 58.6 Å². The summed E-state index contributed by atoms with van der Waals surface area (Å²) in [6.45, 7) is 9.53. The smallest absolute Gasteiger partial charge is 0.216 e. The molecule has 1 aliphatic carbocycles. The Kier molecular flexibility index (Phi) is 6.94. The second kappa shape index (κ2) is 9.66. The van der Waals surface area contributed by atoms with Crippen molar-refractivity contribution in [2.24, 2.45) is 5.92 Å². The average molecular weight is 503 g/mol. The number of nitrogens with zero attached hydrogens (tertiary/aromatic N) is 1. The van der Waals surface area contributed by atoms with Crippen LogP contribution in [0.15, 0.2) is 30.3 Å². The molecule has 3 heterocycles. The first-order chi connectivity index (χ1) is 16.2. The molecular formula is C27H38N2O3S2. The van der Waals surface area contributed by atoms with Crippen LogP contribution < -0.4 is 4.72 Å². The fourth-order valence-corrected chi connectivity index (χ4v) is 8.76. The second-order valence-corrected chi connectivity index (χ2v) is 13.7. The molecule has 1 spiro atoms. The zero-order valence-corrected chi connectivity index (χ0v) is 22.3. The van der Waals surface area contributed by atoms with Crippen LogP contribution in [-0.2, 0) is 39.0 Å². The molecule has 2 aliphatic heterocycles. The molecular weight excluding hydrogens is 464 g/mol. The minimum absolute atomic E-state index is 0.0609. The zero-order valence-electron chi connectivity index (χ0n) is 20.7. The summed E-state index contributed by atoms with van der Waals surface area (Å²) in [7, 11) is -3.31. The third-order valence-corrected chi connectivity index (χ3v) is 10.7. The highest BCUT2D eigenvalue weighted by Crippen LogP contribution is 2.46. The molecule has 0 bridgehead atoms. The molecule has 1 aromatic heterocycles. The van der Waals surface area contributed by atoms with Crippen molar-refractivity contribution < 1.29 is 13.2 Å². The number of rotatable bonds is 7. The lowest BCUT2D eigenvalue weighted by Crippen LogP contribution is -2.54. The molecule has 0 radical (unpaired) electrons. The van der Waals surface area contributed by atoms with Gasteiger partial charge in [-0.3, -0.25) is 0 Å². The minimum Gasteiger partial charge on any atom is -0.370 e. The highest BCUT2D eigenvalue weighted by Gasteiger charge is 2.45. The van der Waals surface area contributed by atoms with Crippen molar-refractivity contribution in [1.29, 1.82) is 0 Å². The number of ether oxygens (including phenoxy) is 1. The number of aryl methyl sites for hydroxylation is 2. The van der Waals surface area contributed by atoms with Crippen molar-refractivity contribution in [1.82, 2.24) is 9.62 Å². The van der Waals surface area contributed by atoms with Crippen molar-refractivity contribution in [3.8, 4) is 0 Å². The Labute approximate surface area is 208 Å². The van der Waals surface area contributed by atoms with Gasteiger partial charge in [-0.1, -0.05) is 36.8 Å². The molecule has 2 atom stereocenters. The van der Waals surface area contributed by atoms with E-state index in [9.17, 15) is 8.42 Å². The van der Waals surface area contributed by atoms with E-state index in [1.807, 2.05) is 42.5 Å². The van der Waals surface area contributed by atoms with Gasteiger partial charge in [0.15, 0.2) is 0 Å². The van der Waals surface area contributed by atoms with Gasteiger partial charge >= 0.3 is 0 Å². The molecule has 2 fully saturated rings. The van der Waals surface area contributed by atoms with Crippen LogP contribution in [0.1, 0.15) is 66.0 Å². The van der Waals surface area contributed by atoms with Gasteiger partial charge in [0.1, 0.15) is 0 Å². The first-order valence-corrected chi connectivity index (χ1v) is 15.3. The number of thiophene rings is 1. The molecule has 0 unspecified atom stereocenters.